The molecule has 1 aliphatic heterocycles. The molecule has 10 heteroatoms. The summed E-state index contributed by atoms with van der Waals surface area (Å²) in [7, 11) is 0. The minimum atomic E-state index is -1.79. The van der Waals surface area contributed by atoms with Crippen molar-refractivity contribution in [2.75, 3.05) is 6.61 Å². The first-order valence-corrected chi connectivity index (χ1v) is 9.51. The monoisotopic (exact) mass is 436 g/mol. The van der Waals surface area contributed by atoms with E-state index in [2.05, 4.69) is 0 Å². The van der Waals surface area contributed by atoms with Gasteiger partial charge in [-0.2, -0.15) is 0 Å². The summed E-state index contributed by atoms with van der Waals surface area (Å²) in [6, 6.07) is 7.95. The van der Waals surface area contributed by atoms with Crippen LogP contribution in [-0.4, -0.2) is 83.8 Å². The van der Waals surface area contributed by atoms with E-state index < -0.39 is 66.1 Å². The zero-order valence-electron chi connectivity index (χ0n) is 16.2. The Kier molecular flexibility index (Phi) is 6.80. The maximum atomic E-state index is 12.7. The van der Waals surface area contributed by atoms with Gasteiger partial charge in [0.15, 0.2) is 5.78 Å². The molecular weight excluding hydrogens is 412 g/mol. The van der Waals surface area contributed by atoms with Crippen molar-refractivity contribution in [1.29, 1.82) is 0 Å². The third-order valence-electron chi connectivity index (χ3n) is 5.30. The van der Waals surface area contributed by atoms with Crippen LogP contribution < -0.4 is 0 Å². The maximum Gasteiger partial charge on any atom is 0.195 e. The lowest BCUT2D eigenvalue weighted by Gasteiger charge is -2.40. The fourth-order valence-corrected chi connectivity index (χ4v) is 3.54. The molecule has 0 bridgehead atoms. The summed E-state index contributed by atoms with van der Waals surface area (Å²) in [4.78, 5) is 12.7. The summed E-state index contributed by atoms with van der Waals surface area (Å²) in [6.07, 6.45) is -9.73. The number of aliphatic hydroxyl groups excluding tert-OH is 5. The second-order valence-corrected chi connectivity index (χ2v) is 7.39. The molecule has 6 unspecified atom stereocenters. The number of hydrogen-bond acceptors (Lipinski definition) is 10. The molecule has 3 rings (SSSR count). The molecule has 2 aromatic carbocycles. The molecule has 0 saturated carbocycles. The molecule has 1 aliphatic rings. The Morgan fingerprint density at radius 1 is 0.935 bits per heavy atom. The van der Waals surface area contributed by atoms with Crippen molar-refractivity contribution in [3.63, 3.8) is 0 Å². The first-order chi connectivity index (χ1) is 14.6. The Bertz CT molecular complexity index is 927. The number of Topliss-reactive ketones (excluding diaryl/α,β-unsaturated/α-hetero) is 1. The molecule has 2 aromatic rings. The van der Waals surface area contributed by atoms with Gasteiger partial charge in [-0.1, -0.05) is 12.1 Å². The van der Waals surface area contributed by atoms with Gasteiger partial charge < -0.3 is 45.6 Å². The van der Waals surface area contributed by atoms with Crippen molar-refractivity contribution >= 4 is 5.78 Å². The first kappa shape index (κ1) is 22.9. The number of benzene rings is 2. The van der Waals surface area contributed by atoms with Gasteiger partial charge in [0.25, 0.3) is 0 Å². The van der Waals surface area contributed by atoms with Crippen molar-refractivity contribution in [2.45, 2.75) is 43.0 Å². The van der Waals surface area contributed by atoms with E-state index in [4.69, 9.17) is 4.74 Å². The lowest BCUT2D eigenvalue weighted by molar-refractivity contribution is -0.232. The molecule has 0 spiro atoms. The molecule has 1 saturated heterocycles. The van der Waals surface area contributed by atoms with Crippen LogP contribution in [0.3, 0.4) is 0 Å². The molecule has 0 aromatic heterocycles. The van der Waals surface area contributed by atoms with E-state index in [9.17, 15) is 45.6 Å². The topological polar surface area (TPSA) is 188 Å². The highest BCUT2D eigenvalue weighted by Crippen LogP contribution is 2.43. The van der Waals surface area contributed by atoms with E-state index in [0.717, 1.165) is 12.1 Å². The molecule has 0 radical (unpaired) electrons. The maximum absolute atomic E-state index is 12.7. The molecule has 1 heterocycles. The van der Waals surface area contributed by atoms with Crippen molar-refractivity contribution in [1.82, 2.24) is 0 Å². The fourth-order valence-electron chi connectivity index (χ4n) is 3.54. The van der Waals surface area contributed by atoms with Gasteiger partial charge in [0.05, 0.1) is 17.7 Å². The molecule has 31 heavy (non-hydrogen) atoms. The van der Waals surface area contributed by atoms with Gasteiger partial charge in [0.2, 0.25) is 0 Å². The van der Waals surface area contributed by atoms with Crippen molar-refractivity contribution in [3.05, 3.63) is 53.1 Å². The minimum absolute atomic E-state index is 0.0184. The number of ether oxygens (including phenoxy) is 1. The van der Waals surface area contributed by atoms with E-state index in [0.29, 0.717) is 5.56 Å². The Morgan fingerprint density at radius 3 is 2.19 bits per heavy atom. The SMILES string of the molecule is O=C(c1ccc(O)c(C2OC(CO)C(O)C(O)C2O)c1O)C(O)Cc1ccc(O)cc1. The Hall–Kier alpha value is -2.73. The van der Waals surface area contributed by atoms with Gasteiger partial charge in [-0.25, -0.2) is 0 Å². The predicted molar refractivity (Wildman–Crippen MR) is 105 cm³/mol. The zero-order chi connectivity index (χ0) is 22.9. The van der Waals surface area contributed by atoms with E-state index in [-0.39, 0.29) is 17.7 Å². The summed E-state index contributed by atoms with van der Waals surface area (Å²) >= 11 is 0. The van der Waals surface area contributed by atoms with Gasteiger partial charge in [-0.3, -0.25) is 4.79 Å². The number of aliphatic hydroxyl groups is 5. The average molecular weight is 436 g/mol. The minimum Gasteiger partial charge on any atom is -0.508 e. The van der Waals surface area contributed by atoms with Crippen LogP contribution in [0.4, 0.5) is 0 Å². The van der Waals surface area contributed by atoms with Crippen molar-refractivity contribution < 1.29 is 50.4 Å². The van der Waals surface area contributed by atoms with Crippen LogP contribution in [0, 0.1) is 0 Å². The molecule has 6 atom stereocenters. The van der Waals surface area contributed by atoms with Crippen molar-refractivity contribution in [3.8, 4) is 17.2 Å². The number of aromatic hydroxyl groups is 3. The smallest absolute Gasteiger partial charge is 0.195 e. The van der Waals surface area contributed by atoms with E-state index >= 15 is 0 Å². The third kappa shape index (κ3) is 4.49. The standard InChI is InChI=1S/C21H24O10/c22-8-14-18(28)19(29)20(30)21(31-14)15-12(24)6-5-11(17(15)27)16(26)13(25)7-9-1-3-10(23)4-2-9/h1-6,13-14,18-25,27-30H,7-8H2. The van der Waals surface area contributed by atoms with Crippen molar-refractivity contribution in [2.24, 2.45) is 0 Å². The third-order valence-corrected chi connectivity index (χ3v) is 5.30. The van der Waals surface area contributed by atoms with E-state index in [1.807, 2.05) is 0 Å². The number of carbonyl (C=O) groups excluding carboxylic acids is 1. The second kappa shape index (κ2) is 9.18. The number of rotatable bonds is 6. The Labute approximate surface area is 176 Å². The number of phenols is 3. The summed E-state index contributed by atoms with van der Waals surface area (Å²) in [5.74, 6) is -2.20. The average Bonchev–Trinajstić information content (AvgIpc) is 2.74. The fraction of sp³-hybridized carbons (Fsp3) is 0.381. The normalized spacial score (nSPS) is 27.1. The molecule has 8 N–H and O–H groups in total. The molecular formula is C21H24O10. The van der Waals surface area contributed by atoms with Crippen LogP contribution in [-0.2, 0) is 11.2 Å². The van der Waals surface area contributed by atoms with E-state index in [1.165, 1.54) is 24.3 Å². The number of phenolic OH excluding ortho intramolecular Hbond substituents is 3. The van der Waals surface area contributed by atoms with Gasteiger partial charge in [-0.05, 0) is 29.8 Å². The highest BCUT2D eigenvalue weighted by molar-refractivity contribution is 6.02. The van der Waals surface area contributed by atoms with Gasteiger partial charge in [-0.15, -0.1) is 0 Å². The van der Waals surface area contributed by atoms with Crippen LogP contribution in [0.1, 0.15) is 27.6 Å². The number of ketones is 1. The van der Waals surface area contributed by atoms with Crippen LogP contribution in [0.2, 0.25) is 0 Å². The van der Waals surface area contributed by atoms with Crippen LogP contribution in [0.15, 0.2) is 36.4 Å². The molecule has 168 valence electrons. The quantitative estimate of drug-likeness (QED) is 0.264. The van der Waals surface area contributed by atoms with E-state index in [1.54, 1.807) is 0 Å². The molecule has 1 fully saturated rings. The Balaban J connectivity index is 1.91. The van der Waals surface area contributed by atoms with Crippen LogP contribution >= 0.6 is 0 Å². The second-order valence-electron chi connectivity index (χ2n) is 7.39. The first-order valence-electron chi connectivity index (χ1n) is 9.51. The highest BCUT2D eigenvalue weighted by Gasteiger charge is 2.46. The number of carbonyl (C=O) groups is 1. The van der Waals surface area contributed by atoms with Crippen LogP contribution in [0.25, 0.3) is 0 Å². The number of hydrogen-bond donors (Lipinski definition) is 8. The predicted octanol–water partition coefficient (Wildman–Crippen LogP) is -0.895. The summed E-state index contributed by atoms with van der Waals surface area (Å²) in [5, 5.41) is 80.0. The summed E-state index contributed by atoms with van der Waals surface area (Å²) < 4.78 is 5.35. The van der Waals surface area contributed by atoms with Gasteiger partial charge >= 0.3 is 0 Å². The van der Waals surface area contributed by atoms with Gasteiger partial charge in [0, 0.05) is 6.42 Å². The zero-order valence-corrected chi connectivity index (χ0v) is 16.2. The van der Waals surface area contributed by atoms with Gasteiger partial charge in [0.1, 0.15) is 53.9 Å². The lowest BCUT2D eigenvalue weighted by atomic mass is 9.88. The lowest BCUT2D eigenvalue weighted by Crippen LogP contribution is -2.55. The van der Waals surface area contributed by atoms with Crippen LogP contribution in [0.5, 0.6) is 17.2 Å². The largest absolute Gasteiger partial charge is 0.508 e. The Morgan fingerprint density at radius 2 is 1.58 bits per heavy atom. The summed E-state index contributed by atoms with van der Waals surface area (Å²) in [5.41, 5.74) is -0.248. The molecule has 0 amide bonds. The highest BCUT2D eigenvalue weighted by atomic mass is 16.5. The molecule has 0 aliphatic carbocycles. The molecule has 10 nitrogen and oxygen atoms in total. The summed E-state index contributed by atoms with van der Waals surface area (Å²) in [6.45, 7) is -0.715.